The number of hydrogen-bond donors (Lipinski definition) is 1. The fourth-order valence-corrected chi connectivity index (χ4v) is 5.94. The molecule has 2 N–H and O–H groups in total. The SMILES string of the molecule is COc1ccncc1-c1cnc(OC)c2c1C[C@H]1CSC(N)=N[C@@]1(c1ccc(F)cc1F)C2. The minimum atomic E-state index is -0.979. The highest BCUT2D eigenvalue weighted by Gasteiger charge is 2.49. The number of thioether (sulfide) groups is 1. The van der Waals surface area contributed by atoms with E-state index in [1.165, 1.54) is 23.9 Å². The van der Waals surface area contributed by atoms with Crippen LogP contribution in [-0.2, 0) is 18.4 Å². The van der Waals surface area contributed by atoms with Gasteiger partial charge in [-0.2, -0.15) is 0 Å². The van der Waals surface area contributed by atoms with E-state index in [4.69, 9.17) is 20.2 Å². The molecule has 3 heterocycles. The van der Waals surface area contributed by atoms with Gasteiger partial charge >= 0.3 is 0 Å². The zero-order valence-electron chi connectivity index (χ0n) is 18.1. The first-order valence-electron chi connectivity index (χ1n) is 10.4. The monoisotopic (exact) mass is 468 g/mol. The summed E-state index contributed by atoms with van der Waals surface area (Å²) in [4.78, 5) is 13.6. The first-order chi connectivity index (χ1) is 16.0. The number of methoxy groups -OCH3 is 2. The number of pyridine rings is 2. The molecule has 0 saturated heterocycles. The van der Waals surface area contributed by atoms with Gasteiger partial charge in [-0.15, -0.1) is 0 Å². The van der Waals surface area contributed by atoms with Gasteiger partial charge in [0.15, 0.2) is 5.17 Å². The minimum Gasteiger partial charge on any atom is -0.496 e. The van der Waals surface area contributed by atoms with Crippen molar-refractivity contribution in [2.45, 2.75) is 18.4 Å². The number of benzene rings is 1. The van der Waals surface area contributed by atoms with Crippen LogP contribution in [0.25, 0.3) is 11.1 Å². The van der Waals surface area contributed by atoms with Crippen LogP contribution in [0.3, 0.4) is 0 Å². The maximum atomic E-state index is 15.1. The fraction of sp³-hybridized carbons (Fsp3) is 0.292. The summed E-state index contributed by atoms with van der Waals surface area (Å²) in [7, 11) is 3.17. The first kappa shape index (κ1) is 21.6. The quantitative estimate of drug-likeness (QED) is 0.621. The Morgan fingerprint density at radius 3 is 2.70 bits per heavy atom. The Balaban J connectivity index is 1.74. The van der Waals surface area contributed by atoms with E-state index in [0.29, 0.717) is 41.0 Å². The molecule has 0 radical (unpaired) electrons. The number of aromatic nitrogens is 2. The summed E-state index contributed by atoms with van der Waals surface area (Å²) in [6.45, 7) is 0. The Kier molecular flexibility index (Phi) is 5.44. The van der Waals surface area contributed by atoms with Gasteiger partial charge in [0, 0.05) is 65.0 Å². The predicted octanol–water partition coefficient (Wildman–Crippen LogP) is 4.11. The standard InChI is InChI=1S/C24H22F2N4O2S/c1-31-21-5-6-28-10-18(21)17-11-29-22(32-2)16-9-24(19-4-3-14(25)8-20(19)26)13(7-15(16)17)12-33-23(27)30-24/h3-6,8,10-11,13H,7,9,12H2,1-2H3,(H2,27,30)/t13-,24-/m0/s1. The first-order valence-corrected chi connectivity index (χ1v) is 11.4. The minimum absolute atomic E-state index is 0.0733. The molecule has 0 saturated carbocycles. The van der Waals surface area contributed by atoms with Gasteiger partial charge in [0.05, 0.1) is 19.8 Å². The maximum absolute atomic E-state index is 15.1. The van der Waals surface area contributed by atoms with Crippen LogP contribution in [0.15, 0.2) is 47.8 Å². The third kappa shape index (κ3) is 3.51. The summed E-state index contributed by atoms with van der Waals surface area (Å²) in [6.07, 6.45) is 6.08. The van der Waals surface area contributed by atoms with E-state index in [9.17, 15) is 4.39 Å². The molecule has 0 bridgehead atoms. The second-order valence-corrected chi connectivity index (χ2v) is 9.14. The molecule has 0 amide bonds. The van der Waals surface area contributed by atoms with Crippen LogP contribution in [0.5, 0.6) is 11.6 Å². The summed E-state index contributed by atoms with van der Waals surface area (Å²) in [5, 5.41) is 0.385. The molecule has 6 nitrogen and oxygen atoms in total. The number of hydrogen-bond acceptors (Lipinski definition) is 7. The van der Waals surface area contributed by atoms with Crippen molar-refractivity contribution >= 4 is 16.9 Å². The van der Waals surface area contributed by atoms with Crippen molar-refractivity contribution in [3.8, 4) is 22.8 Å². The lowest BCUT2D eigenvalue weighted by Gasteiger charge is -2.45. The van der Waals surface area contributed by atoms with E-state index in [2.05, 4.69) is 9.97 Å². The van der Waals surface area contributed by atoms with Gasteiger partial charge in [-0.1, -0.05) is 17.8 Å². The van der Waals surface area contributed by atoms with Crippen LogP contribution in [0.4, 0.5) is 8.78 Å². The topological polar surface area (TPSA) is 82.6 Å². The molecule has 2 aromatic heterocycles. The molecule has 33 heavy (non-hydrogen) atoms. The van der Waals surface area contributed by atoms with Crippen LogP contribution >= 0.6 is 11.8 Å². The van der Waals surface area contributed by atoms with Gasteiger partial charge in [0.1, 0.15) is 17.4 Å². The number of nitrogens with two attached hydrogens (primary N) is 1. The van der Waals surface area contributed by atoms with Crippen molar-refractivity contribution in [3.05, 3.63) is 71.2 Å². The summed E-state index contributed by atoms with van der Waals surface area (Å²) < 4.78 is 40.0. The lowest BCUT2D eigenvalue weighted by Crippen LogP contribution is -2.46. The average Bonchev–Trinajstić information content (AvgIpc) is 2.81. The lowest BCUT2D eigenvalue weighted by molar-refractivity contribution is 0.262. The fourth-order valence-electron chi connectivity index (χ4n) is 4.94. The third-order valence-corrected chi connectivity index (χ3v) is 7.41. The molecule has 170 valence electrons. The van der Waals surface area contributed by atoms with Crippen molar-refractivity contribution in [2.75, 3.05) is 20.0 Å². The largest absolute Gasteiger partial charge is 0.496 e. The Hall–Kier alpha value is -3.20. The number of amidine groups is 1. The summed E-state index contributed by atoms with van der Waals surface area (Å²) in [6, 6.07) is 5.44. The summed E-state index contributed by atoms with van der Waals surface area (Å²) >= 11 is 1.45. The second-order valence-electron chi connectivity index (χ2n) is 8.10. The molecule has 0 unspecified atom stereocenters. The number of halogens is 2. The molecule has 0 spiro atoms. The second kappa shape index (κ2) is 8.30. The maximum Gasteiger partial charge on any atom is 0.216 e. The number of rotatable bonds is 4. The van der Waals surface area contributed by atoms with Crippen molar-refractivity contribution in [2.24, 2.45) is 16.6 Å². The van der Waals surface area contributed by atoms with Crippen molar-refractivity contribution in [3.63, 3.8) is 0 Å². The molecule has 0 fully saturated rings. The third-order valence-electron chi connectivity index (χ3n) is 6.45. The normalized spacial score (nSPS) is 21.6. The summed E-state index contributed by atoms with van der Waals surface area (Å²) in [5.41, 5.74) is 9.05. The van der Waals surface area contributed by atoms with Crippen molar-refractivity contribution < 1.29 is 18.3 Å². The molecular formula is C24H22F2N4O2S. The van der Waals surface area contributed by atoms with Crippen LogP contribution in [0.2, 0.25) is 0 Å². The van der Waals surface area contributed by atoms with Gasteiger partial charge in [0.2, 0.25) is 5.88 Å². The van der Waals surface area contributed by atoms with Crippen molar-refractivity contribution in [1.29, 1.82) is 0 Å². The Morgan fingerprint density at radius 2 is 1.94 bits per heavy atom. The van der Waals surface area contributed by atoms with Gasteiger partial charge in [-0.3, -0.25) is 9.98 Å². The highest BCUT2D eigenvalue weighted by molar-refractivity contribution is 8.13. The molecule has 3 aromatic rings. The molecule has 1 aliphatic carbocycles. The van der Waals surface area contributed by atoms with E-state index in [-0.39, 0.29) is 5.92 Å². The molecule has 1 aliphatic heterocycles. The highest BCUT2D eigenvalue weighted by Crippen LogP contribution is 2.52. The predicted molar refractivity (Wildman–Crippen MR) is 124 cm³/mol. The molecule has 2 aliphatic rings. The molecule has 5 rings (SSSR count). The van der Waals surface area contributed by atoms with Gasteiger partial charge in [0.25, 0.3) is 0 Å². The van der Waals surface area contributed by atoms with Gasteiger partial charge in [-0.05, 0) is 24.1 Å². The number of aliphatic imine (C=N–C) groups is 1. The van der Waals surface area contributed by atoms with Crippen LogP contribution in [0.1, 0.15) is 16.7 Å². The smallest absolute Gasteiger partial charge is 0.216 e. The number of fused-ring (bicyclic) bond motifs is 2. The zero-order valence-corrected chi connectivity index (χ0v) is 19.0. The molecule has 9 heteroatoms. The van der Waals surface area contributed by atoms with E-state index in [0.717, 1.165) is 28.3 Å². The summed E-state index contributed by atoms with van der Waals surface area (Å²) in [5.74, 6) is 0.442. The Bertz CT molecular complexity index is 1270. The molecular weight excluding hydrogens is 446 g/mol. The molecule has 1 aromatic carbocycles. The zero-order chi connectivity index (χ0) is 23.2. The Labute approximate surface area is 194 Å². The van der Waals surface area contributed by atoms with Crippen LogP contribution in [0, 0.1) is 17.6 Å². The van der Waals surface area contributed by atoms with E-state index < -0.39 is 17.2 Å². The van der Waals surface area contributed by atoms with Gasteiger partial charge < -0.3 is 15.2 Å². The van der Waals surface area contributed by atoms with E-state index in [1.807, 2.05) is 0 Å². The highest BCUT2D eigenvalue weighted by atomic mass is 32.2. The van der Waals surface area contributed by atoms with Crippen LogP contribution in [-0.4, -0.2) is 35.1 Å². The average molecular weight is 469 g/mol. The number of nitrogens with zero attached hydrogens (tertiary/aromatic N) is 3. The van der Waals surface area contributed by atoms with E-state index in [1.54, 1.807) is 38.9 Å². The van der Waals surface area contributed by atoms with Crippen LogP contribution < -0.4 is 15.2 Å². The Morgan fingerprint density at radius 1 is 1.09 bits per heavy atom. The molecule has 2 atom stereocenters. The lowest BCUT2D eigenvalue weighted by atomic mass is 9.66. The number of ether oxygens (including phenoxy) is 2. The van der Waals surface area contributed by atoms with Gasteiger partial charge in [-0.25, -0.2) is 13.8 Å². The van der Waals surface area contributed by atoms with E-state index >= 15 is 4.39 Å². The van der Waals surface area contributed by atoms with Crippen molar-refractivity contribution in [1.82, 2.24) is 9.97 Å².